The fourth-order valence-corrected chi connectivity index (χ4v) is 4.53. The van der Waals surface area contributed by atoms with E-state index in [2.05, 4.69) is 6.58 Å². The van der Waals surface area contributed by atoms with Crippen LogP contribution in [0.15, 0.2) is 12.7 Å². The van der Waals surface area contributed by atoms with Gasteiger partial charge in [0.25, 0.3) is 0 Å². The number of hydrogen-bond donors (Lipinski definition) is 1. The third-order valence-electron chi connectivity index (χ3n) is 6.01. The number of rotatable bonds is 13. The summed E-state index contributed by atoms with van der Waals surface area (Å²) in [7, 11) is 0. The predicted octanol–water partition coefficient (Wildman–Crippen LogP) is -0.762. The summed E-state index contributed by atoms with van der Waals surface area (Å²) in [6.07, 6.45) is -13.8. The second-order valence-electron chi connectivity index (χ2n) is 9.70. The Morgan fingerprint density at radius 3 is 1.50 bits per heavy atom. The molecule has 0 bridgehead atoms. The lowest BCUT2D eigenvalue weighted by atomic mass is 9.96. The van der Waals surface area contributed by atoms with E-state index in [0.717, 1.165) is 41.5 Å². The Kier molecular flexibility index (Phi) is 14.1. The van der Waals surface area contributed by atoms with Crippen molar-refractivity contribution in [3.05, 3.63) is 12.7 Å². The maximum absolute atomic E-state index is 12.2. The molecule has 2 aliphatic heterocycles. The van der Waals surface area contributed by atoms with Crippen molar-refractivity contribution in [1.82, 2.24) is 0 Å². The Morgan fingerprint density at radius 1 is 0.614 bits per heavy atom. The van der Waals surface area contributed by atoms with Crippen LogP contribution in [0.4, 0.5) is 0 Å². The van der Waals surface area contributed by atoms with Gasteiger partial charge in [0.1, 0.15) is 37.6 Å². The Labute approximate surface area is 252 Å². The zero-order chi connectivity index (χ0) is 33.1. The zero-order valence-electron chi connectivity index (χ0n) is 25.2. The minimum Gasteiger partial charge on any atom is -0.463 e. The highest BCUT2D eigenvalue weighted by Crippen LogP contribution is 2.34. The Bertz CT molecular complexity index is 1060. The van der Waals surface area contributed by atoms with Gasteiger partial charge in [-0.1, -0.05) is 6.08 Å². The third-order valence-corrected chi connectivity index (χ3v) is 6.01. The lowest BCUT2D eigenvalue weighted by Crippen LogP contribution is -2.67. The third kappa shape index (κ3) is 10.8. The van der Waals surface area contributed by atoms with Crippen molar-refractivity contribution in [1.29, 1.82) is 0 Å². The molecule has 17 nitrogen and oxygen atoms in total. The van der Waals surface area contributed by atoms with Gasteiger partial charge < -0.3 is 52.5 Å². The van der Waals surface area contributed by atoms with Crippen molar-refractivity contribution in [3.63, 3.8) is 0 Å². The quantitative estimate of drug-likeness (QED) is 0.150. The van der Waals surface area contributed by atoms with Gasteiger partial charge in [-0.05, 0) is 0 Å². The molecular weight excluding hydrogens is 596 g/mol. The molecule has 0 spiro atoms. The summed E-state index contributed by atoms with van der Waals surface area (Å²) < 4.78 is 55.1. The molecule has 1 N–H and O–H groups in total. The molecule has 0 radical (unpaired) electrons. The average Bonchev–Trinajstić information content (AvgIpc) is 2.90. The minimum atomic E-state index is -1.90. The SMILES string of the molecule is C=CCO[C@@H]1[C@@H](OC(C)=O)[C@H](O[C@@H]2[C@@H](OC(C)=O)[C@@H](O)O[C@H](COC(C)=O)[C@H]2OC(C)=O)O[C@H](COC(C)=O)[C@H]1OC(C)=O. The van der Waals surface area contributed by atoms with E-state index in [0.29, 0.717) is 0 Å². The lowest BCUT2D eigenvalue weighted by molar-refractivity contribution is -0.359. The molecule has 2 aliphatic rings. The molecule has 0 aromatic rings. The summed E-state index contributed by atoms with van der Waals surface area (Å²) in [5, 5.41) is 10.8. The Hall–Kier alpha value is -3.64. The molecule has 44 heavy (non-hydrogen) atoms. The zero-order valence-corrected chi connectivity index (χ0v) is 25.2. The van der Waals surface area contributed by atoms with Crippen molar-refractivity contribution in [2.24, 2.45) is 0 Å². The van der Waals surface area contributed by atoms with E-state index in [-0.39, 0.29) is 6.61 Å². The van der Waals surface area contributed by atoms with Gasteiger partial charge >= 0.3 is 35.8 Å². The van der Waals surface area contributed by atoms with Gasteiger partial charge in [-0.2, -0.15) is 0 Å². The van der Waals surface area contributed by atoms with Crippen LogP contribution in [0.1, 0.15) is 41.5 Å². The van der Waals surface area contributed by atoms with E-state index < -0.39 is 110 Å². The first-order chi connectivity index (χ1) is 20.6. The summed E-state index contributed by atoms with van der Waals surface area (Å²) in [6, 6.07) is 0. The summed E-state index contributed by atoms with van der Waals surface area (Å²) in [5.41, 5.74) is 0. The van der Waals surface area contributed by atoms with Crippen LogP contribution >= 0.6 is 0 Å². The van der Waals surface area contributed by atoms with E-state index in [1.54, 1.807) is 0 Å². The predicted molar refractivity (Wildman–Crippen MR) is 140 cm³/mol. The highest BCUT2D eigenvalue weighted by atomic mass is 16.8. The lowest BCUT2D eigenvalue weighted by Gasteiger charge is -2.48. The number of aliphatic hydroxyl groups excluding tert-OH is 1. The smallest absolute Gasteiger partial charge is 0.303 e. The molecular formula is C27H38O17. The molecule has 0 aromatic carbocycles. The highest BCUT2D eigenvalue weighted by Gasteiger charge is 2.56. The molecule has 0 unspecified atom stereocenters. The van der Waals surface area contributed by atoms with Crippen molar-refractivity contribution in [3.8, 4) is 0 Å². The van der Waals surface area contributed by atoms with Crippen molar-refractivity contribution in [2.45, 2.75) is 103 Å². The highest BCUT2D eigenvalue weighted by molar-refractivity contribution is 5.68. The summed E-state index contributed by atoms with van der Waals surface area (Å²) in [6.45, 7) is 8.95. The Morgan fingerprint density at radius 2 is 1.05 bits per heavy atom. The van der Waals surface area contributed by atoms with Gasteiger partial charge in [0.05, 0.1) is 6.61 Å². The Balaban J connectivity index is 2.65. The van der Waals surface area contributed by atoms with Crippen LogP contribution in [0, 0.1) is 0 Å². The summed E-state index contributed by atoms with van der Waals surface area (Å²) in [5.74, 6) is -4.78. The number of aliphatic hydroxyl groups is 1. The van der Waals surface area contributed by atoms with E-state index in [1.807, 2.05) is 0 Å². The average molecular weight is 635 g/mol. The summed E-state index contributed by atoms with van der Waals surface area (Å²) >= 11 is 0. The number of carbonyl (C=O) groups excluding carboxylic acids is 6. The van der Waals surface area contributed by atoms with Crippen LogP contribution in [0.3, 0.4) is 0 Å². The van der Waals surface area contributed by atoms with Gasteiger partial charge in [-0.25, -0.2) is 0 Å². The largest absolute Gasteiger partial charge is 0.463 e. The molecule has 2 rings (SSSR count). The maximum atomic E-state index is 12.2. The first-order valence-electron chi connectivity index (χ1n) is 13.5. The molecule has 0 aromatic heterocycles. The molecule has 0 aliphatic carbocycles. The van der Waals surface area contributed by atoms with Gasteiger partial charge in [0.2, 0.25) is 0 Å². The van der Waals surface area contributed by atoms with Crippen LogP contribution in [0.5, 0.6) is 0 Å². The van der Waals surface area contributed by atoms with E-state index in [1.165, 1.54) is 6.08 Å². The standard InChI is InChI=1S/C27H38O17/c1-8-9-35-22-20(38-14(4)30)19(11-37-13(3)29)43-27(25(22)41-17(7)33)44-23-21(39-15(5)31)18(10-36-12(2)28)42-26(34)24(23)40-16(6)32/h8,18-27,34H,1,9-11H2,2-7H3/t18-,19-,20-,21-,22+,23+,24-,25-,26+,27+/m1/s1. The fourth-order valence-electron chi connectivity index (χ4n) is 4.53. The first-order valence-corrected chi connectivity index (χ1v) is 13.5. The number of ether oxygens (including phenoxy) is 10. The van der Waals surface area contributed by atoms with Crippen LogP contribution in [0.2, 0.25) is 0 Å². The first kappa shape index (κ1) is 36.6. The number of carbonyl (C=O) groups is 6. The molecule has 0 amide bonds. The van der Waals surface area contributed by atoms with Crippen molar-refractivity contribution < 1.29 is 81.2 Å². The molecule has 2 heterocycles. The molecule has 248 valence electrons. The minimum absolute atomic E-state index is 0.139. The molecule has 0 saturated carbocycles. The van der Waals surface area contributed by atoms with Gasteiger partial charge in [0, 0.05) is 41.5 Å². The second kappa shape index (κ2) is 17.0. The van der Waals surface area contributed by atoms with E-state index in [4.69, 9.17) is 47.4 Å². The number of esters is 6. The van der Waals surface area contributed by atoms with Gasteiger partial charge in [-0.15, -0.1) is 6.58 Å². The fraction of sp³-hybridized carbons (Fsp3) is 0.704. The number of hydrogen-bond acceptors (Lipinski definition) is 17. The van der Waals surface area contributed by atoms with Crippen LogP contribution in [0.25, 0.3) is 0 Å². The molecule has 17 heteroatoms. The monoisotopic (exact) mass is 634 g/mol. The maximum Gasteiger partial charge on any atom is 0.303 e. The van der Waals surface area contributed by atoms with Crippen molar-refractivity contribution in [2.75, 3.05) is 19.8 Å². The van der Waals surface area contributed by atoms with Crippen LogP contribution in [-0.4, -0.2) is 122 Å². The molecule has 2 saturated heterocycles. The normalized spacial score (nSPS) is 31.5. The second-order valence-corrected chi connectivity index (χ2v) is 9.70. The van der Waals surface area contributed by atoms with Gasteiger partial charge in [0.15, 0.2) is 37.0 Å². The van der Waals surface area contributed by atoms with Crippen molar-refractivity contribution >= 4 is 35.8 Å². The van der Waals surface area contributed by atoms with Crippen LogP contribution in [-0.2, 0) is 76.1 Å². The molecule has 10 atom stereocenters. The van der Waals surface area contributed by atoms with Gasteiger partial charge in [-0.3, -0.25) is 28.8 Å². The van der Waals surface area contributed by atoms with E-state index >= 15 is 0 Å². The molecule has 2 fully saturated rings. The summed E-state index contributed by atoms with van der Waals surface area (Å²) in [4.78, 5) is 71.6. The van der Waals surface area contributed by atoms with Crippen LogP contribution < -0.4 is 0 Å². The topological polar surface area (TPSA) is 215 Å². The van der Waals surface area contributed by atoms with E-state index in [9.17, 15) is 33.9 Å².